The van der Waals surface area contributed by atoms with E-state index in [1.54, 1.807) is 11.1 Å². The summed E-state index contributed by atoms with van der Waals surface area (Å²) in [7, 11) is 0. The Balaban J connectivity index is 1.77. The van der Waals surface area contributed by atoms with Crippen LogP contribution in [-0.2, 0) is 9.53 Å². The van der Waals surface area contributed by atoms with E-state index >= 15 is 0 Å². The Morgan fingerprint density at radius 2 is 2.08 bits per heavy atom. The van der Waals surface area contributed by atoms with Crippen LogP contribution in [0.1, 0.15) is 58.1 Å². The lowest BCUT2D eigenvalue weighted by molar-refractivity contribution is -0.118. The minimum absolute atomic E-state index is 0.0972. The zero-order valence-electron chi connectivity index (χ0n) is 14.6. The van der Waals surface area contributed by atoms with Crippen LogP contribution in [0.5, 0.6) is 0 Å². The van der Waals surface area contributed by atoms with Crippen LogP contribution in [0.15, 0.2) is 18.3 Å². The summed E-state index contributed by atoms with van der Waals surface area (Å²) in [5.41, 5.74) is 0.488. The molecule has 0 aromatic carbocycles. The molecule has 2 heterocycles. The van der Waals surface area contributed by atoms with Gasteiger partial charge in [-0.3, -0.25) is 9.69 Å². The molecule has 1 saturated heterocycles. The number of anilines is 1. The normalized spacial score (nSPS) is 20.8. The van der Waals surface area contributed by atoms with Gasteiger partial charge >= 0.3 is 6.09 Å². The van der Waals surface area contributed by atoms with Gasteiger partial charge in [0.1, 0.15) is 11.4 Å². The predicted octanol–water partition coefficient (Wildman–Crippen LogP) is 3.28. The van der Waals surface area contributed by atoms with Crippen molar-refractivity contribution in [1.29, 1.82) is 0 Å². The number of amides is 2. The van der Waals surface area contributed by atoms with Gasteiger partial charge in [0.25, 0.3) is 0 Å². The fourth-order valence-corrected chi connectivity index (χ4v) is 3.08. The first-order valence-corrected chi connectivity index (χ1v) is 8.58. The third-order valence-electron chi connectivity index (χ3n) is 4.33. The van der Waals surface area contributed by atoms with Gasteiger partial charge in [0.2, 0.25) is 6.41 Å². The molecule has 1 aromatic heterocycles. The molecule has 3 rings (SSSR count). The first-order valence-electron chi connectivity index (χ1n) is 8.58. The number of pyridine rings is 1. The van der Waals surface area contributed by atoms with E-state index in [1.807, 2.05) is 37.8 Å². The van der Waals surface area contributed by atoms with Crippen molar-refractivity contribution in [1.82, 2.24) is 9.88 Å². The van der Waals surface area contributed by atoms with Crippen LogP contribution in [0, 0.1) is 0 Å². The van der Waals surface area contributed by atoms with Crippen molar-refractivity contribution in [3.8, 4) is 0 Å². The van der Waals surface area contributed by atoms with E-state index in [0.29, 0.717) is 5.82 Å². The van der Waals surface area contributed by atoms with Crippen LogP contribution in [0.25, 0.3) is 0 Å². The Bertz CT molecular complexity index is 605. The van der Waals surface area contributed by atoms with Crippen molar-refractivity contribution in [3.05, 3.63) is 23.9 Å². The number of aromatic nitrogens is 1. The molecule has 0 spiro atoms. The molecular weight excluding hydrogens is 306 g/mol. The molecule has 2 fully saturated rings. The van der Waals surface area contributed by atoms with E-state index in [-0.39, 0.29) is 18.2 Å². The fraction of sp³-hybridized carbons (Fsp3) is 0.611. The highest BCUT2D eigenvalue weighted by molar-refractivity contribution is 5.88. The van der Waals surface area contributed by atoms with Crippen molar-refractivity contribution in [2.75, 3.05) is 11.4 Å². The summed E-state index contributed by atoms with van der Waals surface area (Å²) in [6, 6.07) is 4.10. The molecule has 1 aliphatic heterocycles. The first-order chi connectivity index (χ1) is 11.4. The molecule has 0 N–H and O–H groups in total. The van der Waals surface area contributed by atoms with Gasteiger partial charge in [0.05, 0.1) is 6.04 Å². The molecule has 2 aliphatic rings. The minimum Gasteiger partial charge on any atom is -0.443 e. The largest absolute Gasteiger partial charge is 0.443 e. The topological polar surface area (TPSA) is 62.7 Å². The Morgan fingerprint density at radius 1 is 1.33 bits per heavy atom. The van der Waals surface area contributed by atoms with Crippen molar-refractivity contribution in [2.24, 2.45) is 0 Å². The zero-order chi connectivity index (χ0) is 17.3. The number of hydrogen-bond acceptors (Lipinski definition) is 4. The first kappa shape index (κ1) is 16.7. The van der Waals surface area contributed by atoms with E-state index in [9.17, 15) is 9.59 Å². The van der Waals surface area contributed by atoms with Gasteiger partial charge in [-0.2, -0.15) is 0 Å². The highest BCUT2D eigenvalue weighted by Crippen LogP contribution is 2.34. The van der Waals surface area contributed by atoms with E-state index in [0.717, 1.165) is 44.2 Å². The molecule has 130 valence electrons. The number of carbonyl (C=O) groups excluding carboxylic acids is 2. The van der Waals surface area contributed by atoms with Crippen molar-refractivity contribution in [3.63, 3.8) is 0 Å². The highest BCUT2D eigenvalue weighted by Gasteiger charge is 2.37. The molecule has 0 bridgehead atoms. The van der Waals surface area contributed by atoms with E-state index in [1.165, 1.54) is 0 Å². The second-order valence-corrected chi connectivity index (χ2v) is 7.53. The second-order valence-electron chi connectivity index (χ2n) is 7.53. The molecule has 2 amide bonds. The number of nitrogens with zero attached hydrogens (tertiary/aromatic N) is 3. The van der Waals surface area contributed by atoms with Crippen LogP contribution in [0.3, 0.4) is 0 Å². The maximum Gasteiger partial charge on any atom is 0.416 e. The molecule has 1 atom stereocenters. The van der Waals surface area contributed by atoms with Crippen LogP contribution in [0.2, 0.25) is 0 Å². The summed E-state index contributed by atoms with van der Waals surface area (Å²) in [4.78, 5) is 31.6. The van der Waals surface area contributed by atoms with Crippen molar-refractivity contribution < 1.29 is 14.3 Å². The molecule has 6 heteroatoms. The number of rotatable bonds is 4. The summed E-state index contributed by atoms with van der Waals surface area (Å²) in [6.07, 6.45) is 6.26. The van der Waals surface area contributed by atoms with Gasteiger partial charge < -0.3 is 9.64 Å². The summed E-state index contributed by atoms with van der Waals surface area (Å²) in [6.45, 7) is 6.38. The number of likely N-dealkylation sites (tertiary alicyclic amines) is 1. The average Bonchev–Trinajstić information content (AvgIpc) is 3.22. The molecule has 1 aromatic rings. The van der Waals surface area contributed by atoms with Gasteiger partial charge in [-0.05, 0) is 58.1 Å². The summed E-state index contributed by atoms with van der Waals surface area (Å²) in [5.74, 6) is 0.617. The SMILES string of the molecule is CC(C)(C)OC(=O)N(c1ccc([C@H]2CCCN2C=O)cn1)C1CC1. The van der Waals surface area contributed by atoms with Gasteiger partial charge in [-0.15, -0.1) is 0 Å². The number of carbonyl (C=O) groups is 2. The maximum absolute atomic E-state index is 12.5. The molecule has 6 nitrogen and oxygen atoms in total. The monoisotopic (exact) mass is 331 g/mol. The molecule has 1 aliphatic carbocycles. The predicted molar refractivity (Wildman–Crippen MR) is 90.7 cm³/mol. The van der Waals surface area contributed by atoms with Crippen LogP contribution in [-0.4, -0.2) is 40.6 Å². The molecule has 0 radical (unpaired) electrons. The van der Waals surface area contributed by atoms with Crippen LogP contribution < -0.4 is 4.90 Å². The second kappa shape index (κ2) is 6.42. The molecular formula is C18H25N3O3. The van der Waals surface area contributed by atoms with Crippen molar-refractivity contribution >= 4 is 18.3 Å². The Morgan fingerprint density at radius 3 is 2.62 bits per heavy atom. The number of hydrogen-bond donors (Lipinski definition) is 0. The van der Waals surface area contributed by atoms with E-state index in [2.05, 4.69) is 4.98 Å². The maximum atomic E-state index is 12.5. The summed E-state index contributed by atoms with van der Waals surface area (Å²) in [5, 5.41) is 0. The lowest BCUT2D eigenvalue weighted by Crippen LogP contribution is -2.38. The van der Waals surface area contributed by atoms with Gasteiger partial charge in [0.15, 0.2) is 0 Å². The Kier molecular flexibility index (Phi) is 4.47. The average molecular weight is 331 g/mol. The quantitative estimate of drug-likeness (QED) is 0.794. The molecule has 1 saturated carbocycles. The lowest BCUT2D eigenvalue weighted by Gasteiger charge is -2.27. The Labute approximate surface area is 142 Å². The van der Waals surface area contributed by atoms with Crippen LogP contribution in [0.4, 0.5) is 10.6 Å². The Hall–Kier alpha value is -2.11. The van der Waals surface area contributed by atoms with Crippen LogP contribution >= 0.6 is 0 Å². The third-order valence-corrected chi connectivity index (χ3v) is 4.33. The summed E-state index contributed by atoms with van der Waals surface area (Å²) >= 11 is 0. The lowest BCUT2D eigenvalue weighted by atomic mass is 10.1. The summed E-state index contributed by atoms with van der Waals surface area (Å²) < 4.78 is 5.51. The minimum atomic E-state index is -0.529. The van der Waals surface area contributed by atoms with E-state index < -0.39 is 5.60 Å². The van der Waals surface area contributed by atoms with Gasteiger partial charge in [-0.25, -0.2) is 9.78 Å². The van der Waals surface area contributed by atoms with Crippen molar-refractivity contribution in [2.45, 2.75) is 64.1 Å². The fourth-order valence-electron chi connectivity index (χ4n) is 3.08. The van der Waals surface area contributed by atoms with E-state index in [4.69, 9.17) is 4.74 Å². The highest BCUT2D eigenvalue weighted by atomic mass is 16.6. The third kappa shape index (κ3) is 3.68. The van der Waals surface area contributed by atoms with Gasteiger partial charge in [-0.1, -0.05) is 6.07 Å². The molecule has 0 unspecified atom stereocenters. The smallest absolute Gasteiger partial charge is 0.416 e. The van der Waals surface area contributed by atoms with Gasteiger partial charge in [0, 0.05) is 18.8 Å². The number of ether oxygens (including phenoxy) is 1. The molecule has 24 heavy (non-hydrogen) atoms. The standard InChI is InChI=1S/C18H25N3O3/c1-18(2,3)24-17(23)21(14-7-8-14)16-9-6-13(11-19-16)15-5-4-10-20(15)12-22/h6,9,11-12,14-15H,4-5,7-8,10H2,1-3H3/t15-/m1/s1. The zero-order valence-corrected chi connectivity index (χ0v) is 14.6.